The lowest BCUT2D eigenvalue weighted by molar-refractivity contribution is -0.0421. The fourth-order valence-corrected chi connectivity index (χ4v) is 0.422. The van der Waals surface area contributed by atoms with Crippen molar-refractivity contribution < 1.29 is 30.7 Å². The van der Waals surface area contributed by atoms with E-state index in [1.54, 1.807) is 0 Å². The van der Waals surface area contributed by atoms with E-state index >= 15 is 0 Å². The summed E-state index contributed by atoms with van der Waals surface area (Å²) in [6, 6.07) is 0. The van der Waals surface area contributed by atoms with Crippen LogP contribution in [0.2, 0.25) is 0 Å². The van der Waals surface area contributed by atoms with Crippen LogP contribution in [-0.2, 0) is 19.3 Å². The van der Waals surface area contributed by atoms with E-state index < -0.39 is 30.2 Å². The molecule has 0 spiro atoms. The zero-order chi connectivity index (χ0) is 8.91. The standard InChI is InChI=1S/C3H6F2O5S/c4-3(5)1-9-2-10-11(6,7)8/h3H,1-2H2,(H,6,7,8). The average Bonchev–Trinajstić information content (AvgIpc) is 1.78. The predicted octanol–water partition coefficient (Wildman–Crippen LogP) is 0.0450. The lowest BCUT2D eigenvalue weighted by Crippen LogP contribution is -2.11. The van der Waals surface area contributed by atoms with E-state index in [-0.39, 0.29) is 0 Å². The molecule has 0 aliphatic rings. The number of hydrogen-bond donors (Lipinski definition) is 1. The van der Waals surface area contributed by atoms with Gasteiger partial charge in [0.2, 0.25) is 0 Å². The smallest absolute Gasteiger partial charge is 0.348 e. The molecule has 0 saturated heterocycles. The monoisotopic (exact) mass is 192 g/mol. The molecule has 0 amide bonds. The molecule has 0 aromatic heterocycles. The maximum absolute atomic E-state index is 11.3. The minimum atomic E-state index is -4.59. The van der Waals surface area contributed by atoms with Crippen LogP contribution >= 0.6 is 0 Å². The van der Waals surface area contributed by atoms with Gasteiger partial charge in [-0.15, -0.1) is 0 Å². The Morgan fingerprint density at radius 3 is 2.36 bits per heavy atom. The van der Waals surface area contributed by atoms with Gasteiger partial charge in [-0.2, -0.15) is 8.42 Å². The first kappa shape index (κ1) is 10.7. The van der Waals surface area contributed by atoms with E-state index in [2.05, 4.69) is 8.92 Å². The van der Waals surface area contributed by atoms with Gasteiger partial charge < -0.3 is 4.74 Å². The molecule has 1 N–H and O–H groups in total. The molecule has 0 aromatic carbocycles. The molecule has 0 aromatic rings. The van der Waals surface area contributed by atoms with Crippen molar-refractivity contribution in [1.29, 1.82) is 0 Å². The lowest BCUT2D eigenvalue weighted by Gasteiger charge is -2.00. The highest BCUT2D eigenvalue weighted by atomic mass is 32.3. The second kappa shape index (κ2) is 4.54. The van der Waals surface area contributed by atoms with Gasteiger partial charge in [0.05, 0.1) is 0 Å². The van der Waals surface area contributed by atoms with Crippen molar-refractivity contribution in [2.24, 2.45) is 0 Å². The van der Waals surface area contributed by atoms with Crippen LogP contribution in [0.4, 0.5) is 8.78 Å². The van der Waals surface area contributed by atoms with Gasteiger partial charge >= 0.3 is 10.4 Å². The normalized spacial score (nSPS) is 12.4. The molecule has 0 rings (SSSR count). The molecule has 0 radical (unpaired) electrons. The largest absolute Gasteiger partial charge is 0.399 e. The molecule has 0 aliphatic heterocycles. The quantitative estimate of drug-likeness (QED) is 0.378. The highest BCUT2D eigenvalue weighted by molar-refractivity contribution is 7.80. The van der Waals surface area contributed by atoms with Gasteiger partial charge in [-0.05, 0) is 0 Å². The van der Waals surface area contributed by atoms with Crippen LogP contribution in [0.5, 0.6) is 0 Å². The molecular weight excluding hydrogens is 186 g/mol. The summed E-state index contributed by atoms with van der Waals surface area (Å²) in [4.78, 5) is 0. The molecular formula is C3H6F2O5S. The van der Waals surface area contributed by atoms with E-state index in [0.29, 0.717) is 0 Å². The molecule has 68 valence electrons. The van der Waals surface area contributed by atoms with Crippen LogP contribution in [0.1, 0.15) is 0 Å². The van der Waals surface area contributed by atoms with Crippen LogP contribution in [0, 0.1) is 0 Å². The van der Waals surface area contributed by atoms with Crippen molar-refractivity contribution in [2.45, 2.75) is 6.43 Å². The molecule has 0 saturated carbocycles. The molecule has 0 atom stereocenters. The van der Waals surface area contributed by atoms with Gasteiger partial charge in [0, 0.05) is 0 Å². The van der Waals surface area contributed by atoms with Gasteiger partial charge in [0.25, 0.3) is 6.43 Å². The van der Waals surface area contributed by atoms with Crippen molar-refractivity contribution >= 4 is 10.4 Å². The fraction of sp³-hybridized carbons (Fsp3) is 1.00. The Bertz CT molecular complexity index is 188. The molecule has 0 bridgehead atoms. The Kier molecular flexibility index (Phi) is 4.42. The zero-order valence-electron chi connectivity index (χ0n) is 5.24. The second-order valence-corrected chi connectivity index (χ2v) is 2.52. The summed E-state index contributed by atoms with van der Waals surface area (Å²) in [7, 11) is -4.59. The van der Waals surface area contributed by atoms with Gasteiger partial charge in [-0.25, -0.2) is 13.0 Å². The number of alkyl halides is 2. The van der Waals surface area contributed by atoms with Crippen LogP contribution in [0.15, 0.2) is 0 Å². The molecule has 0 unspecified atom stereocenters. The van der Waals surface area contributed by atoms with Crippen LogP contribution in [0.25, 0.3) is 0 Å². The second-order valence-electron chi connectivity index (χ2n) is 1.43. The first-order valence-corrected chi connectivity index (χ1v) is 3.76. The summed E-state index contributed by atoms with van der Waals surface area (Å²) in [5.41, 5.74) is 0. The van der Waals surface area contributed by atoms with E-state index in [1.165, 1.54) is 0 Å². The topological polar surface area (TPSA) is 72.8 Å². The van der Waals surface area contributed by atoms with Crippen LogP contribution in [0.3, 0.4) is 0 Å². The summed E-state index contributed by atoms with van der Waals surface area (Å²) >= 11 is 0. The molecule has 11 heavy (non-hydrogen) atoms. The van der Waals surface area contributed by atoms with E-state index in [9.17, 15) is 17.2 Å². The third-order valence-corrected chi connectivity index (χ3v) is 0.918. The summed E-state index contributed by atoms with van der Waals surface area (Å²) in [5, 5.41) is 0. The van der Waals surface area contributed by atoms with Gasteiger partial charge in [0.15, 0.2) is 6.79 Å². The van der Waals surface area contributed by atoms with Crippen molar-refractivity contribution in [3.05, 3.63) is 0 Å². The van der Waals surface area contributed by atoms with E-state index in [1.807, 2.05) is 0 Å². The summed E-state index contributed by atoms with van der Waals surface area (Å²) in [6.07, 6.45) is -2.69. The maximum atomic E-state index is 11.3. The summed E-state index contributed by atoms with van der Waals surface area (Å²) in [6.45, 7) is -1.85. The first-order valence-electron chi connectivity index (χ1n) is 2.39. The number of rotatable bonds is 5. The Hall–Kier alpha value is -0.310. The maximum Gasteiger partial charge on any atom is 0.399 e. The Balaban J connectivity index is 3.30. The third-order valence-electron chi connectivity index (χ3n) is 0.524. The minimum absolute atomic E-state index is 0.914. The van der Waals surface area contributed by atoms with Gasteiger partial charge in [-0.1, -0.05) is 0 Å². The van der Waals surface area contributed by atoms with Crippen molar-refractivity contribution in [3.63, 3.8) is 0 Å². The van der Waals surface area contributed by atoms with E-state index in [0.717, 1.165) is 0 Å². The zero-order valence-corrected chi connectivity index (χ0v) is 6.05. The van der Waals surface area contributed by atoms with Crippen molar-refractivity contribution in [1.82, 2.24) is 0 Å². The Morgan fingerprint density at radius 1 is 1.45 bits per heavy atom. The lowest BCUT2D eigenvalue weighted by atomic mass is 10.8. The number of halogens is 2. The molecule has 0 aliphatic carbocycles. The fourth-order valence-electron chi connectivity index (χ4n) is 0.232. The number of hydrogen-bond acceptors (Lipinski definition) is 4. The van der Waals surface area contributed by atoms with Crippen molar-refractivity contribution in [3.8, 4) is 0 Å². The SMILES string of the molecule is O=S(=O)(O)OCOCC(F)F. The van der Waals surface area contributed by atoms with E-state index in [4.69, 9.17) is 4.55 Å². The van der Waals surface area contributed by atoms with Crippen molar-refractivity contribution in [2.75, 3.05) is 13.4 Å². The molecule has 0 fully saturated rings. The van der Waals surface area contributed by atoms with Crippen LogP contribution in [-0.4, -0.2) is 32.8 Å². The van der Waals surface area contributed by atoms with Crippen LogP contribution < -0.4 is 0 Å². The summed E-state index contributed by atoms with van der Waals surface area (Å²) in [5.74, 6) is 0. The Labute approximate surface area is 61.9 Å². The molecule has 8 heteroatoms. The average molecular weight is 192 g/mol. The third kappa shape index (κ3) is 9.69. The van der Waals surface area contributed by atoms with Gasteiger partial charge in [-0.3, -0.25) is 4.55 Å². The predicted molar refractivity (Wildman–Crippen MR) is 29.5 cm³/mol. The summed E-state index contributed by atoms with van der Waals surface area (Å²) < 4.78 is 57.4. The highest BCUT2D eigenvalue weighted by Crippen LogP contribution is 1.93. The Morgan fingerprint density at radius 2 is 2.00 bits per heavy atom. The van der Waals surface area contributed by atoms with Gasteiger partial charge in [0.1, 0.15) is 6.61 Å². The highest BCUT2D eigenvalue weighted by Gasteiger charge is 2.05. The minimum Gasteiger partial charge on any atom is -0.348 e. The molecule has 5 nitrogen and oxygen atoms in total. The first-order chi connectivity index (χ1) is 4.92. The number of ether oxygens (including phenoxy) is 1. The molecule has 0 heterocycles.